The number of halogens is 1. The number of carbonyl (C=O) groups excluding carboxylic acids is 2. The molecule has 0 atom stereocenters. The summed E-state index contributed by atoms with van der Waals surface area (Å²) in [5.74, 6) is 0.358. The third kappa shape index (κ3) is 4.36. The lowest BCUT2D eigenvalue weighted by Crippen LogP contribution is -2.38. The Balaban J connectivity index is 1.43. The van der Waals surface area contributed by atoms with E-state index in [0.29, 0.717) is 46.7 Å². The number of thiophene rings is 1. The second-order valence-electron chi connectivity index (χ2n) is 6.30. The standard InChI is InChI=1S/C19H17ClN4O3S2/c1-27-15-3-2-12(20)8-14(15)22-19(26)24-6-4-13-16(9-24)29-18(21-13)23-17(25)11-5-7-28-10-11/h2-3,5,7-8,10H,4,6,9H2,1H3,(H,22,26)(H,21,23,25). The second kappa shape index (κ2) is 8.40. The molecule has 0 saturated carbocycles. The number of anilines is 2. The van der Waals surface area contributed by atoms with Crippen LogP contribution >= 0.6 is 34.3 Å². The van der Waals surface area contributed by atoms with Crippen molar-refractivity contribution in [2.45, 2.75) is 13.0 Å². The monoisotopic (exact) mass is 448 g/mol. The van der Waals surface area contributed by atoms with Crippen molar-refractivity contribution in [2.75, 3.05) is 24.3 Å². The summed E-state index contributed by atoms with van der Waals surface area (Å²) in [6, 6.07) is 6.58. The maximum absolute atomic E-state index is 12.7. The maximum atomic E-state index is 12.7. The van der Waals surface area contributed by atoms with E-state index in [1.807, 2.05) is 5.38 Å². The average molecular weight is 449 g/mol. The molecule has 0 aliphatic carbocycles. The summed E-state index contributed by atoms with van der Waals surface area (Å²) in [6.07, 6.45) is 0.625. The predicted octanol–water partition coefficient (Wildman–Crippen LogP) is 4.71. The minimum absolute atomic E-state index is 0.181. The summed E-state index contributed by atoms with van der Waals surface area (Å²) in [7, 11) is 1.54. The van der Waals surface area contributed by atoms with Crippen molar-refractivity contribution >= 4 is 57.0 Å². The molecule has 10 heteroatoms. The Bertz CT molecular complexity index is 1050. The van der Waals surface area contributed by atoms with Crippen molar-refractivity contribution in [3.63, 3.8) is 0 Å². The molecule has 2 N–H and O–H groups in total. The molecule has 0 saturated heterocycles. The Morgan fingerprint density at radius 1 is 1.28 bits per heavy atom. The smallest absolute Gasteiger partial charge is 0.322 e. The number of hydrogen-bond acceptors (Lipinski definition) is 6. The molecule has 0 fully saturated rings. The quantitative estimate of drug-likeness (QED) is 0.605. The van der Waals surface area contributed by atoms with Crippen LogP contribution in [0.25, 0.3) is 0 Å². The van der Waals surface area contributed by atoms with Crippen molar-refractivity contribution in [3.8, 4) is 5.75 Å². The van der Waals surface area contributed by atoms with Crippen LogP contribution in [0.5, 0.6) is 5.75 Å². The molecule has 0 radical (unpaired) electrons. The van der Waals surface area contributed by atoms with Crippen LogP contribution in [0, 0.1) is 0 Å². The van der Waals surface area contributed by atoms with E-state index in [2.05, 4.69) is 15.6 Å². The largest absolute Gasteiger partial charge is 0.495 e. The highest BCUT2D eigenvalue weighted by atomic mass is 35.5. The Morgan fingerprint density at radius 2 is 2.14 bits per heavy atom. The van der Waals surface area contributed by atoms with Crippen LogP contribution in [0.4, 0.5) is 15.6 Å². The molecule has 3 heterocycles. The SMILES string of the molecule is COc1ccc(Cl)cc1NC(=O)N1CCc2nc(NC(=O)c3ccsc3)sc2C1. The second-order valence-corrected chi connectivity index (χ2v) is 8.60. The first-order valence-electron chi connectivity index (χ1n) is 8.75. The van der Waals surface area contributed by atoms with Crippen LogP contribution in [0.3, 0.4) is 0 Å². The average Bonchev–Trinajstić information content (AvgIpc) is 3.37. The number of carbonyl (C=O) groups is 2. The fraction of sp³-hybridized carbons (Fsp3) is 0.211. The number of ether oxygens (including phenoxy) is 1. The molecule has 1 aliphatic rings. The summed E-state index contributed by atoms with van der Waals surface area (Å²) in [5.41, 5.74) is 2.04. The molecule has 150 valence electrons. The molecule has 29 heavy (non-hydrogen) atoms. The number of nitrogens with one attached hydrogen (secondary N) is 2. The minimum atomic E-state index is -0.242. The van der Waals surface area contributed by atoms with Crippen molar-refractivity contribution in [1.29, 1.82) is 0 Å². The van der Waals surface area contributed by atoms with Gasteiger partial charge >= 0.3 is 6.03 Å². The fourth-order valence-electron chi connectivity index (χ4n) is 2.96. The Hall–Kier alpha value is -2.62. The highest BCUT2D eigenvalue weighted by molar-refractivity contribution is 7.16. The number of nitrogens with zero attached hydrogens (tertiary/aromatic N) is 2. The van der Waals surface area contributed by atoms with E-state index in [1.165, 1.54) is 29.8 Å². The lowest BCUT2D eigenvalue weighted by atomic mass is 10.2. The highest BCUT2D eigenvalue weighted by Gasteiger charge is 2.25. The molecule has 4 rings (SSSR count). The first kappa shape index (κ1) is 19.7. The highest BCUT2D eigenvalue weighted by Crippen LogP contribution is 2.31. The lowest BCUT2D eigenvalue weighted by Gasteiger charge is -2.26. The fourth-order valence-corrected chi connectivity index (χ4v) is 4.78. The van der Waals surface area contributed by atoms with Crippen LogP contribution in [0.15, 0.2) is 35.0 Å². The minimum Gasteiger partial charge on any atom is -0.495 e. The van der Waals surface area contributed by atoms with Gasteiger partial charge in [0.25, 0.3) is 5.91 Å². The van der Waals surface area contributed by atoms with Gasteiger partial charge in [0.15, 0.2) is 5.13 Å². The zero-order valence-electron chi connectivity index (χ0n) is 15.4. The van der Waals surface area contributed by atoms with Crippen molar-refractivity contribution in [1.82, 2.24) is 9.88 Å². The van der Waals surface area contributed by atoms with Gasteiger partial charge < -0.3 is 15.0 Å². The number of urea groups is 1. The van der Waals surface area contributed by atoms with Gasteiger partial charge in [-0.1, -0.05) is 22.9 Å². The molecular formula is C19H17ClN4O3S2. The Kier molecular flexibility index (Phi) is 5.70. The van der Waals surface area contributed by atoms with Crippen LogP contribution in [-0.2, 0) is 13.0 Å². The molecule has 3 aromatic rings. The molecule has 1 aliphatic heterocycles. The van der Waals surface area contributed by atoms with Crippen molar-refractivity contribution in [3.05, 3.63) is 56.2 Å². The summed E-state index contributed by atoms with van der Waals surface area (Å²) >= 11 is 8.89. The third-order valence-electron chi connectivity index (χ3n) is 4.43. The van der Waals surface area contributed by atoms with Crippen LogP contribution in [0.1, 0.15) is 20.9 Å². The summed E-state index contributed by atoms with van der Waals surface area (Å²) in [5, 5.41) is 10.4. The summed E-state index contributed by atoms with van der Waals surface area (Å²) in [4.78, 5) is 32.1. The van der Waals surface area contributed by atoms with E-state index in [0.717, 1.165) is 10.6 Å². The van der Waals surface area contributed by atoms with Gasteiger partial charge in [-0.2, -0.15) is 11.3 Å². The number of amides is 3. The van der Waals surface area contributed by atoms with E-state index in [1.54, 1.807) is 34.5 Å². The zero-order valence-corrected chi connectivity index (χ0v) is 17.8. The van der Waals surface area contributed by atoms with Gasteiger partial charge in [0.1, 0.15) is 5.75 Å². The number of thiazole rings is 1. The number of benzene rings is 1. The van der Waals surface area contributed by atoms with Crippen LogP contribution in [-0.4, -0.2) is 35.5 Å². The number of rotatable bonds is 4. The van der Waals surface area contributed by atoms with E-state index in [-0.39, 0.29) is 11.9 Å². The van der Waals surface area contributed by atoms with Gasteiger partial charge in [0, 0.05) is 28.2 Å². The van der Waals surface area contributed by atoms with E-state index in [9.17, 15) is 9.59 Å². The van der Waals surface area contributed by atoms with Crippen LogP contribution in [0.2, 0.25) is 5.02 Å². The molecule has 7 nitrogen and oxygen atoms in total. The van der Waals surface area contributed by atoms with Gasteiger partial charge in [0.2, 0.25) is 0 Å². The van der Waals surface area contributed by atoms with Gasteiger partial charge in [0.05, 0.1) is 30.6 Å². The predicted molar refractivity (Wildman–Crippen MR) is 116 cm³/mol. The van der Waals surface area contributed by atoms with Gasteiger partial charge in [-0.25, -0.2) is 9.78 Å². The van der Waals surface area contributed by atoms with E-state index >= 15 is 0 Å². The zero-order chi connectivity index (χ0) is 20.4. The molecule has 0 unspecified atom stereocenters. The molecular weight excluding hydrogens is 432 g/mol. The summed E-state index contributed by atoms with van der Waals surface area (Å²) < 4.78 is 5.28. The first-order chi connectivity index (χ1) is 14.0. The summed E-state index contributed by atoms with van der Waals surface area (Å²) in [6.45, 7) is 0.958. The van der Waals surface area contributed by atoms with Gasteiger partial charge in [-0.15, -0.1) is 0 Å². The van der Waals surface area contributed by atoms with E-state index in [4.69, 9.17) is 16.3 Å². The molecule has 1 aromatic carbocycles. The molecule has 0 bridgehead atoms. The van der Waals surface area contributed by atoms with Gasteiger partial charge in [-0.3, -0.25) is 10.1 Å². The van der Waals surface area contributed by atoms with Crippen molar-refractivity contribution < 1.29 is 14.3 Å². The molecule has 2 aromatic heterocycles. The third-order valence-corrected chi connectivity index (χ3v) is 6.34. The lowest BCUT2D eigenvalue weighted by molar-refractivity contribution is 0.102. The maximum Gasteiger partial charge on any atom is 0.322 e. The Labute approximate surface area is 180 Å². The van der Waals surface area contributed by atoms with Crippen molar-refractivity contribution in [2.24, 2.45) is 0 Å². The Morgan fingerprint density at radius 3 is 2.90 bits per heavy atom. The number of fused-ring (bicyclic) bond motifs is 1. The topological polar surface area (TPSA) is 83.6 Å². The first-order valence-corrected chi connectivity index (χ1v) is 10.9. The number of aromatic nitrogens is 1. The normalized spacial score (nSPS) is 13.0. The number of hydrogen-bond donors (Lipinski definition) is 2. The number of methoxy groups -OCH3 is 1. The molecule has 0 spiro atoms. The van der Waals surface area contributed by atoms with E-state index < -0.39 is 0 Å². The molecule has 3 amide bonds. The van der Waals surface area contributed by atoms with Crippen LogP contribution < -0.4 is 15.4 Å². The van der Waals surface area contributed by atoms with Gasteiger partial charge in [-0.05, 0) is 29.6 Å².